The van der Waals surface area contributed by atoms with Crippen LogP contribution in [-0.2, 0) is 4.79 Å². The van der Waals surface area contributed by atoms with Gasteiger partial charge >= 0.3 is 0 Å². The van der Waals surface area contributed by atoms with Crippen LogP contribution in [0.4, 0.5) is 0 Å². The molecule has 92 valence electrons. The average Bonchev–Trinajstić information content (AvgIpc) is 2.29. The molecule has 0 aliphatic carbocycles. The van der Waals surface area contributed by atoms with Crippen molar-refractivity contribution in [1.82, 2.24) is 5.32 Å². The van der Waals surface area contributed by atoms with Gasteiger partial charge in [0, 0.05) is 17.9 Å². The van der Waals surface area contributed by atoms with Crippen molar-refractivity contribution in [2.24, 2.45) is 5.92 Å². The van der Waals surface area contributed by atoms with Crippen LogP contribution < -0.4 is 10.1 Å². The molecule has 0 saturated carbocycles. The van der Waals surface area contributed by atoms with Crippen molar-refractivity contribution in [3.05, 3.63) is 29.3 Å². The Bertz CT molecular complexity index is 426. The second kappa shape index (κ2) is 4.78. The van der Waals surface area contributed by atoms with Crippen molar-refractivity contribution in [3.63, 3.8) is 0 Å². The van der Waals surface area contributed by atoms with Crippen LogP contribution in [0, 0.1) is 12.8 Å². The van der Waals surface area contributed by atoms with E-state index in [1.54, 1.807) is 0 Å². The zero-order chi connectivity index (χ0) is 12.4. The summed E-state index contributed by atoms with van der Waals surface area (Å²) in [6.45, 7) is 6.53. The van der Waals surface area contributed by atoms with Crippen LogP contribution >= 0.6 is 0 Å². The SMILES string of the molecule is Cc1ccc2c(c1)C(NC(=O)C(C)C)CCO2. The van der Waals surface area contributed by atoms with E-state index >= 15 is 0 Å². The van der Waals surface area contributed by atoms with Crippen LogP contribution in [0.5, 0.6) is 5.75 Å². The van der Waals surface area contributed by atoms with Crippen molar-refractivity contribution in [2.45, 2.75) is 33.2 Å². The standard InChI is InChI=1S/C14H19NO2/c1-9(2)14(16)15-12-6-7-17-13-5-4-10(3)8-11(12)13/h4-5,8-9,12H,6-7H2,1-3H3,(H,15,16). The van der Waals surface area contributed by atoms with Crippen LogP contribution in [0.25, 0.3) is 0 Å². The summed E-state index contributed by atoms with van der Waals surface area (Å²) in [5.74, 6) is 1.02. The average molecular weight is 233 g/mol. The summed E-state index contributed by atoms with van der Waals surface area (Å²) in [7, 11) is 0. The molecule has 0 spiro atoms. The lowest BCUT2D eigenvalue weighted by molar-refractivity contribution is -0.124. The Labute approximate surface area is 102 Å². The number of rotatable bonds is 2. The maximum atomic E-state index is 11.8. The molecular weight excluding hydrogens is 214 g/mol. The number of fused-ring (bicyclic) bond motifs is 1. The van der Waals surface area contributed by atoms with Crippen molar-refractivity contribution in [2.75, 3.05) is 6.61 Å². The summed E-state index contributed by atoms with van der Waals surface area (Å²) in [6.07, 6.45) is 0.842. The molecule has 1 aromatic carbocycles. The van der Waals surface area contributed by atoms with Crippen molar-refractivity contribution in [3.8, 4) is 5.75 Å². The molecule has 1 aliphatic rings. The van der Waals surface area contributed by atoms with Gasteiger partial charge in [0.25, 0.3) is 0 Å². The zero-order valence-corrected chi connectivity index (χ0v) is 10.6. The van der Waals surface area contributed by atoms with Gasteiger partial charge in [-0.05, 0) is 13.0 Å². The smallest absolute Gasteiger partial charge is 0.223 e. The number of ether oxygens (including phenoxy) is 1. The molecular formula is C14H19NO2. The van der Waals surface area contributed by atoms with Gasteiger partial charge in [-0.25, -0.2) is 0 Å². The molecule has 1 aliphatic heterocycles. The lowest BCUT2D eigenvalue weighted by Crippen LogP contribution is -2.34. The quantitative estimate of drug-likeness (QED) is 0.852. The topological polar surface area (TPSA) is 38.3 Å². The third-order valence-corrected chi connectivity index (χ3v) is 3.05. The van der Waals surface area contributed by atoms with E-state index in [1.807, 2.05) is 26.0 Å². The van der Waals surface area contributed by atoms with Crippen LogP contribution in [0.1, 0.15) is 37.4 Å². The second-order valence-electron chi connectivity index (χ2n) is 4.89. The minimum atomic E-state index is 0.0195. The fourth-order valence-corrected chi connectivity index (χ4v) is 2.00. The second-order valence-corrected chi connectivity index (χ2v) is 4.89. The molecule has 1 unspecified atom stereocenters. The third kappa shape index (κ3) is 2.60. The number of benzene rings is 1. The monoisotopic (exact) mass is 233 g/mol. The molecule has 1 heterocycles. The Morgan fingerprint density at radius 2 is 2.24 bits per heavy atom. The molecule has 0 bridgehead atoms. The minimum absolute atomic E-state index is 0.0195. The number of hydrogen-bond donors (Lipinski definition) is 1. The first kappa shape index (κ1) is 12.0. The molecule has 0 saturated heterocycles. The molecule has 2 rings (SSSR count). The Kier molecular flexibility index (Phi) is 3.36. The summed E-state index contributed by atoms with van der Waals surface area (Å²) >= 11 is 0. The molecule has 1 amide bonds. The number of hydrogen-bond acceptors (Lipinski definition) is 2. The Morgan fingerprint density at radius 1 is 1.47 bits per heavy atom. The van der Waals surface area contributed by atoms with Gasteiger partial charge in [0.15, 0.2) is 0 Å². The first-order chi connectivity index (χ1) is 8.08. The van der Waals surface area contributed by atoms with Gasteiger partial charge in [-0.2, -0.15) is 0 Å². The van der Waals surface area contributed by atoms with Gasteiger partial charge in [-0.15, -0.1) is 0 Å². The summed E-state index contributed by atoms with van der Waals surface area (Å²) in [5.41, 5.74) is 2.29. The van der Waals surface area contributed by atoms with Crippen LogP contribution in [0.2, 0.25) is 0 Å². The van der Waals surface area contributed by atoms with Crippen molar-refractivity contribution < 1.29 is 9.53 Å². The molecule has 0 fully saturated rings. The maximum Gasteiger partial charge on any atom is 0.223 e. The number of amides is 1. The van der Waals surface area contributed by atoms with Gasteiger partial charge in [0.05, 0.1) is 12.6 Å². The number of carbonyl (C=O) groups excluding carboxylic acids is 1. The summed E-state index contributed by atoms with van der Waals surface area (Å²) in [6, 6.07) is 6.21. The third-order valence-electron chi connectivity index (χ3n) is 3.05. The molecule has 0 radical (unpaired) electrons. The number of aryl methyl sites for hydroxylation is 1. The highest BCUT2D eigenvalue weighted by molar-refractivity contribution is 5.78. The molecule has 1 atom stereocenters. The highest BCUT2D eigenvalue weighted by Crippen LogP contribution is 2.32. The van der Waals surface area contributed by atoms with Crippen molar-refractivity contribution in [1.29, 1.82) is 0 Å². The van der Waals surface area contributed by atoms with Crippen LogP contribution in [0.3, 0.4) is 0 Å². The molecule has 3 heteroatoms. The minimum Gasteiger partial charge on any atom is -0.493 e. The van der Waals surface area contributed by atoms with E-state index in [0.717, 1.165) is 17.7 Å². The fraction of sp³-hybridized carbons (Fsp3) is 0.500. The normalized spacial score (nSPS) is 18.5. The van der Waals surface area contributed by atoms with E-state index in [9.17, 15) is 4.79 Å². The lowest BCUT2D eigenvalue weighted by atomic mass is 9.98. The molecule has 1 N–H and O–H groups in total. The van der Waals surface area contributed by atoms with E-state index in [1.165, 1.54) is 5.56 Å². The Morgan fingerprint density at radius 3 is 2.94 bits per heavy atom. The van der Waals surface area contributed by atoms with E-state index in [2.05, 4.69) is 18.3 Å². The summed E-state index contributed by atoms with van der Waals surface area (Å²) in [4.78, 5) is 11.8. The maximum absolute atomic E-state index is 11.8. The highest BCUT2D eigenvalue weighted by Gasteiger charge is 2.23. The van der Waals surface area contributed by atoms with E-state index in [0.29, 0.717) is 6.61 Å². The largest absolute Gasteiger partial charge is 0.493 e. The van der Waals surface area contributed by atoms with Gasteiger partial charge in [-0.3, -0.25) is 4.79 Å². The zero-order valence-electron chi connectivity index (χ0n) is 10.6. The fourth-order valence-electron chi connectivity index (χ4n) is 2.00. The van der Waals surface area contributed by atoms with Gasteiger partial charge in [-0.1, -0.05) is 31.5 Å². The lowest BCUT2D eigenvalue weighted by Gasteiger charge is -2.27. The van der Waals surface area contributed by atoms with E-state index in [-0.39, 0.29) is 17.9 Å². The van der Waals surface area contributed by atoms with Gasteiger partial charge in [0.2, 0.25) is 5.91 Å². The summed E-state index contributed by atoms with van der Waals surface area (Å²) < 4.78 is 5.60. The Balaban J connectivity index is 2.22. The van der Waals surface area contributed by atoms with Crippen molar-refractivity contribution >= 4 is 5.91 Å². The predicted octanol–water partition coefficient (Wildman–Crippen LogP) is 2.59. The molecule has 0 aromatic heterocycles. The number of carbonyl (C=O) groups is 1. The Hall–Kier alpha value is -1.51. The number of nitrogens with one attached hydrogen (secondary N) is 1. The predicted molar refractivity (Wildman–Crippen MR) is 67.0 cm³/mol. The highest BCUT2D eigenvalue weighted by atomic mass is 16.5. The summed E-state index contributed by atoms with van der Waals surface area (Å²) in [5, 5.41) is 3.08. The van der Waals surface area contributed by atoms with Gasteiger partial charge < -0.3 is 10.1 Å². The van der Waals surface area contributed by atoms with E-state index in [4.69, 9.17) is 4.74 Å². The van der Waals surface area contributed by atoms with Gasteiger partial charge in [0.1, 0.15) is 5.75 Å². The first-order valence-electron chi connectivity index (χ1n) is 6.11. The first-order valence-corrected chi connectivity index (χ1v) is 6.11. The molecule has 17 heavy (non-hydrogen) atoms. The molecule has 3 nitrogen and oxygen atoms in total. The molecule has 1 aromatic rings. The van der Waals surface area contributed by atoms with Crippen LogP contribution in [-0.4, -0.2) is 12.5 Å². The van der Waals surface area contributed by atoms with E-state index < -0.39 is 0 Å². The van der Waals surface area contributed by atoms with Crippen LogP contribution in [0.15, 0.2) is 18.2 Å².